The molecule has 1 aromatic rings. The Labute approximate surface area is 103 Å². The quantitative estimate of drug-likeness (QED) is 0.579. The normalized spacial score (nSPS) is 11.3. The van der Waals surface area contributed by atoms with Crippen molar-refractivity contribution in [1.82, 2.24) is 0 Å². The molecule has 0 unspecified atom stereocenters. The van der Waals surface area contributed by atoms with Crippen LogP contribution < -0.4 is 0 Å². The van der Waals surface area contributed by atoms with Crippen LogP contribution in [-0.2, 0) is 16.2 Å². The number of aryl methyl sites for hydroxylation is 1. The zero-order valence-corrected chi connectivity index (χ0v) is 10.9. The number of carbonyl (C=O) groups excluding carboxylic acids is 1. The number of hydrogen-bond donors (Lipinski definition) is 0. The van der Waals surface area contributed by atoms with E-state index in [1.807, 2.05) is 45.9 Å². The van der Waals surface area contributed by atoms with Crippen molar-refractivity contribution in [3.05, 3.63) is 35.4 Å². The number of benzene rings is 1. The standard InChI is InChI=1S/C14H20O3/c1-5-11-9-7-8-10-12(11)13(15)16-17-14(3,4)6-2/h7-10H,5-6H2,1-4H3. The molecule has 0 heterocycles. The summed E-state index contributed by atoms with van der Waals surface area (Å²) in [6.07, 6.45) is 1.57. The summed E-state index contributed by atoms with van der Waals surface area (Å²) >= 11 is 0. The third kappa shape index (κ3) is 3.86. The minimum absolute atomic E-state index is 0.427. The van der Waals surface area contributed by atoms with Gasteiger partial charge in [-0.25, -0.2) is 4.79 Å². The monoisotopic (exact) mass is 236 g/mol. The second-order valence-electron chi connectivity index (χ2n) is 4.58. The molecule has 17 heavy (non-hydrogen) atoms. The Morgan fingerprint density at radius 3 is 2.47 bits per heavy atom. The van der Waals surface area contributed by atoms with Crippen LogP contribution in [0.3, 0.4) is 0 Å². The Morgan fingerprint density at radius 1 is 1.24 bits per heavy atom. The first-order valence-electron chi connectivity index (χ1n) is 5.98. The molecule has 1 aromatic carbocycles. The molecule has 0 fully saturated rings. The largest absolute Gasteiger partial charge is 0.373 e. The van der Waals surface area contributed by atoms with Crippen LogP contribution in [0.4, 0.5) is 0 Å². The maximum atomic E-state index is 11.8. The van der Waals surface area contributed by atoms with Crippen molar-refractivity contribution in [2.45, 2.75) is 46.1 Å². The van der Waals surface area contributed by atoms with Crippen molar-refractivity contribution < 1.29 is 14.6 Å². The maximum Gasteiger partial charge on any atom is 0.373 e. The minimum Gasteiger partial charge on any atom is -0.292 e. The highest BCUT2D eigenvalue weighted by molar-refractivity contribution is 5.90. The Kier molecular flexibility index (Phi) is 4.70. The van der Waals surface area contributed by atoms with Gasteiger partial charge >= 0.3 is 5.97 Å². The fraction of sp³-hybridized carbons (Fsp3) is 0.500. The molecule has 3 nitrogen and oxygen atoms in total. The molecule has 0 saturated heterocycles. The van der Waals surface area contributed by atoms with Crippen LogP contribution in [0.25, 0.3) is 0 Å². The van der Waals surface area contributed by atoms with Gasteiger partial charge in [0.25, 0.3) is 0 Å². The van der Waals surface area contributed by atoms with Gasteiger partial charge < -0.3 is 0 Å². The van der Waals surface area contributed by atoms with Crippen LogP contribution in [0.15, 0.2) is 24.3 Å². The van der Waals surface area contributed by atoms with Crippen LogP contribution in [0, 0.1) is 0 Å². The highest BCUT2D eigenvalue weighted by Crippen LogP contribution is 2.16. The molecule has 0 N–H and O–H groups in total. The van der Waals surface area contributed by atoms with E-state index in [9.17, 15) is 4.79 Å². The van der Waals surface area contributed by atoms with Gasteiger partial charge in [0.05, 0.1) is 5.56 Å². The fourth-order valence-corrected chi connectivity index (χ4v) is 1.28. The Hall–Kier alpha value is -1.35. The third-order valence-corrected chi connectivity index (χ3v) is 2.81. The molecule has 0 aliphatic heterocycles. The SMILES string of the molecule is CCc1ccccc1C(=O)OOC(C)(C)CC. The fourth-order valence-electron chi connectivity index (χ4n) is 1.28. The zero-order valence-electron chi connectivity index (χ0n) is 10.9. The summed E-state index contributed by atoms with van der Waals surface area (Å²) in [6.45, 7) is 7.74. The van der Waals surface area contributed by atoms with Gasteiger partial charge in [-0.1, -0.05) is 32.0 Å². The molecule has 0 saturated carbocycles. The van der Waals surface area contributed by atoms with Gasteiger partial charge in [0.1, 0.15) is 5.60 Å². The van der Waals surface area contributed by atoms with Crippen molar-refractivity contribution in [2.24, 2.45) is 0 Å². The van der Waals surface area contributed by atoms with Gasteiger partial charge in [-0.15, -0.1) is 0 Å². The van der Waals surface area contributed by atoms with Crippen molar-refractivity contribution >= 4 is 5.97 Å². The molecule has 0 aliphatic carbocycles. The first kappa shape index (κ1) is 13.7. The lowest BCUT2D eigenvalue weighted by molar-refractivity contribution is -0.307. The van der Waals surface area contributed by atoms with Gasteiger partial charge in [0, 0.05) is 0 Å². The van der Waals surface area contributed by atoms with Gasteiger partial charge in [-0.2, -0.15) is 4.89 Å². The lowest BCUT2D eigenvalue weighted by Gasteiger charge is -2.20. The average Bonchev–Trinajstić information content (AvgIpc) is 2.36. The van der Waals surface area contributed by atoms with Gasteiger partial charge in [0.2, 0.25) is 0 Å². The van der Waals surface area contributed by atoms with Crippen molar-refractivity contribution in [3.63, 3.8) is 0 Å². The summed E-state index contributed by atoms with van der Waals surface area (Å²) < 4.78 is 0. The zero-order chi connectivity index (χ0) is 12.9. The molecular weight excluding hydrogens is 216 g/mol. The molecule has 3 heteroatoms. The average molecular weight is 236 g/mol. The minimum atomic E-state index is -0.448. The van der Waals surface area contributed by atoms with Crippen LogP contribution in [0.5, 0.6) is 0 Å². The topological polar surface area (TPSA) is 35.5 Å². The number of rotatable bonds is 5. The van der Waals surface area contributed by atoms with Crippen LogP contribution in [-0.4, -0.2) is 11.6 Å². The number of hydrogen-bond acceptors (Lipinski definition) is 3. The Morgan fingerprint density at radius 2 is 1.88 bits per heavy atom. The molecule has 0 radical (unpaired) electrons. The van der Waals surface area contributed by atoms with Gasteiger partial charge in [0.15, 0.2) is 0 Å². The van der Waals surface area contributed by atoms with Crippen molar-refractivity contribution in [1.29, 1.82) is 0 Å². The Bertz CT molecular complexity index is 383. The third-order valence-electron chi connectivity index (χ3n) is 2.81. The first-order valence-corrected chi connectivity index (χ1v) is 5.98. The highest BCUT2D eigenvalue weighted by Gasteiger charge is 2.21. The van der Waals surface area contributed by atoms with Gasteiger partial charge in [-0.3, -0.25) is 4.89 Å². The summed E-state index contributed by atoms with van der Waals surface area (Å²) in [5, 5.41) is 0. The molecule has 1 rings (SSSR count). The van der Waals surface area contributed by atoms with E-state index in [-0.39, 0.29) is 0 Å². The van der Waals surface area contributed by atoms with E-state index in [4.69, 9.17) is 9.78 Å². The second-order valence-corrected chi connectivity index (χ2v) is 4.58. The smallest absolute Gasteiger partial charge is 0.292 e. The molecule has 0 amide bonds. The highest BCUT2D eigenvalue weighted by atomic mass is 17.2. The van der Waals surface area contributed by atoms with E-state index in [1.165, 1.54) is 0 Å². The van der Waals surface area contributed by atoms with E-state index in [0.717, 1.165) is 18.4 Å². The first-order chi connectivity index (χ1) is 8.00. The van der Waals surface area contributed by atoms with Crippen LogP contribution in [0.1, 0.15) is 50.0 Å². The number of carbonyl (C=O) groups is 1. The van der Waals surface area contributed by atoms with Crippen LogP contribution in [0.2, 0.25) is 0 Å². The molecule has 0 aromatic heterocycles. The van der Waals surface area contributed by atoms with E-state index < -0.39 is 11.6 Å². The molecule has 94 valence electrons. The van der Waals surface area contributed by atoms with E-state index in [1.54, 1.807) is 6.07 Å². The van der Waals surface area contributed by atoms with Gasteiger partial charge in [-0.05, 0) is 38.3 Å². The maximum absolute atomic E-state index is 11.8. The predicted molar refractivity (Wildman–Crippen MR) is 66.7 cm³/mol. The lowest BCUT2D eigenvalue weighted by atomic mass is 10.1. The van der Waals surface area contributed by atoms with E-state index >= 15 is 0 Å². The summed E-state index contributed by atoms with van der Waals surface area (Å²) in [6, 6.07) is 7.40. The van der Waals surface area contributed by atoms with E-state index in [0.29, 0.717) is 5.56 Å². The molecule has 0 spiro atoms. The van der Waals surface area contributed by atoms with Crippen LogP contribution >= 0.6 is 0 Å². The summed E-state index contributed by atoms with van der Waals surface area (Å²) in [5.41, 5.74) is 1.09. The predicted octanol–water partition coefficient (Wildman–Crippen LogP) is 3.53. The Balaban J connectivity index is 2.70. The second kappa shape index (κ2) is 5.82. The summed E-state index contributed by atoms with van der Waals surface area (Å²) in [7, 11) is 0. The van der Waals surface area contributed by atoms with Crippen molar-refractivity contribution in [2.75, 3.05) is 0 Å². The summed E-state index contributed by atoms with van der Waals surface area (Å²) in [5.74, 6) is -0.427. The molecule has 0 atom stereocenters. The van der Waals surface area contributed by atoms with E-state index in [2.05, 4.69) is 0 Å². The van der Waals surface area contributed by atoms with Crippen molar-refractivity contribution in [3.8, 4) is 0 Å². The lowest BCUT2D eigenvalue weighted by Crippen LogP contribution is -2.25. The molecule has 0 bridgehead atoms. The molecular formula is C14H20O3. The summed E-state index contributed by atoms with van der Waals surface area (Å²) in [4.78, 5) is 21.9. The molecule has 0 aliphatic rings.